The summed E-state index contributed by atoms with van der Waals surface area (Å²) in [5, 5.41) is 0.407. The van der Waals surface area contributed by atoms with Crippen molar-refractivity contribution >= 4 is 11.6 Å². The van der Waals surface area contributed by atoms with Gasteiger partial charge >= 0.3 is 0 Å². The van der Waals surface area contributed by atoms with E-state index in [1.165, 1.54) is 6.07 Å². The fourth-order valence-corrected chi connectivity index (χ4v) is 2.13. The molecule has 1 aromatic carbocycles. The minimum absolute atomic E-state index is 0.171. The summed E-state index contributed by atoms with van der Waals surface area (Å²) < 4.78 is 19.0. The van der Waals surface area contributed by atoms with E-state index in [4.69, 9.17) is 22.1 Å². The molecule has 0 bridgehead atoms. The summed E-state index contributed by atoms with van der Waals surface area (Å²) >= 11 is 5.67. The zero-order chi connectivity index (χ0) is 11.5. The Morgan fingerprint density at radius 1 is 1.44 bits per heavy atom. The van der Waals surface area contributed by atoms with E-state index >= 15 is 0 Å². The number of halogens is 2. The minimum Gasteiger partial charge on any atom is -0.373 e. The first-order valence-electron chi connectivity index (χ1n) is 5.46. The van der Waals surface area contributed by atoms with Gasteiger partial charge < -0.3 is 10.5 Å². The predicted molar refractivity (Wildman–Crippen MR) is 61.8 cm³/mol. The van der Waals surface area contributed by atoms with Crippen LogP contribution in [0.3, 0.4) is 0 Å². The first kappa shape index (κ1) is 11.8. The highest BCUT2D eigenvalue weighted by molar-refractivity contribution is 6.30. The molecule has 1 aliphatic carbocycles. The molecule has 2 unspecified atom stereocenters. The smallest absolute Gasteiger partial charge is 0.130 e. The Balaban J connectivity index is 1.89. The van der Waals surface area contributed by atoms with Gasteiger partial charge in [0.25, 0.3) is 0 Å². The third kappa shape index (κ3) is 2.94. The molecule has 16 heavy (non-hydrogen) atoms. The number of hydrogen-bond acceptors (Lipinski definition) is 2. The van der Waals surface area contributed by atoms with Crippen LogP contribution >= 0.6 is 11.6 Å². The lowest BCUT2D eigenvalue weighted by Crippen LogP contribution is -2.17. The number of nitrogens with two attached hydrogens (primary N) is 1. The normalized spacial score (nSPS) is 24.9. The van der Waals surface area contributed by atoms with Crippen molar-refractivity contribution < 1.29 is 9.13 Å². The van der Waals surface area contributed by atoms with Crippen LogP contribution in [0.1, 0.15) is 24.8 Å². The van der Waals surface area contributed by atoms with Crippen LogP contribution in [-0.4, -0.2) is 12.1 Å². The fourth-order valence-electron chi connectivity index (χ4n) is 1.97. The summed E-state index contributed by atoms with van der Waals surface area (Å²) in [4.78, 5) is 0. The van der Waals surface area contributed by atoms with Gasteiger partial charge in [-0.1, -0.05) is 17.7 Å². The van der Waals surface area contributed by atoms with Crippen molar-refractivity contribution in [1.82, 2.24) is 0 Å². The van der Waals surface area contributed by atoms with Crippen molar-refractivity contribution in [1.29, 1.82) is 0 Å². The maximum absolute atomic E-state index is 13.4. The molecule has 2 nitrogen and oxygen atoms in total. The van der Waals surface area contributed by atoms with Gasteiger partial charge in [0, 0.05) is 16.6 Å². The van der Waals surface area contributed by atoms with Crippen LogP contribution in [0.15, 0.2) is 18.2 Å². The molecule has 0 heterocycles. The molecule has 0 amide bonds. The molecular formula is C12H15ClFNO. The van der Waals surface area contributed by atoms with Gasteiger partial charge in [-0.15, -0.1) is 0 Å². The molecule has 88 valence electrons. The lowest BCUT2D eigenvalue weighted by Gasteiger charge is -2.12. The Hall–Kier alpha value is -0.640. The Morgan fingerprint density at radius 2 is 2.25 bits per heavy atom. The third-order valence-electron chi connectivity index (χ3n) is 2.91. The Kier molecular flexibility index (Phi) is 3.79. The molecule has 2 rings (SSSR count). The number of ether oxygens (including phenoxy) is 1. The van der Waals surface area contributed by atoms with E-state index < -0.39 is 0 Å². The van der Waals surface area contributed by atoms with Crippen molar-refractivity contribution in [3.63, 3.8) is 0 Å². The van der Waals surface area contributed by atoms with Gasteiger partial charge in [0.05, 0.1) is 12.7 Å². The molecule has 4 heteroatoms. The van der Waals surface area contributed by atoms with Crippen LogP contribution in [0.5, 0.6) is 0 Å². The van der Waals surface area contributed by atoms with Gasteiger partial charge in [0.1, 0.15) is 5.82 Å². The summed E-state index contributed by atoms with van der Waals surface area (Å²) in [6.45, 7) is 0.292. The minimum atomic E-state index is -0.310. The molecule has 1 aromatic rings. The van der Waals surface area contributed by atoms with Gasteiger partial charge in [0.15, 0.2) is 0 Å². The van der Waals surface area contributed by atoms with E-state index in [0.717, 1.165) is 19.3 Å². The molecule has 0 spiro atoms. The van der Waals surface area contributed by atoms with E-state index in [1.807, 2.05) is 0 Å². The zero-order valence-corrected chi connectivity index (χ0v) is 9.71. The highest BCUT2D eigenvalue weighted by atomic mass is 35.5. The Morgan fingerprint density at radius 3 is 2.88 bits per heavy atom. The zero-order valence-electron chi connectivity index (χ0n) is 8.96. The quantitative estimate of drug-likeness (QED) is 0.886. The molecule has 0 aromatic heterocycles. The molecule has 2 atom stereocenters. The molecule has 1 aliphatic rings. The van der Waals surface area contributed by atoms with E-state index in [1.54, 1.807) is 12.1 Å². The summed E-state index contributed by atoms with van der Waals surface area (Å²) in [5.74, 6) is -0.310. The van der Waals surface area contributed by atoms with E-state index in [0.29, 0.717) is 17.2 Å². The van der Waals surface area contributed by atoms with E-state index in [-0.39, 0.29) is 18.0 Å². The third-order valence-corrected chi connectivity index (χ3v) is 3.15. The van der Waals surface area contributed by atoms with E-state index in [2.05, 4.69) is 0 Å². The van der Waals surface area contributed by atoms with Gasteiger partial charge in [-0.3, -0.25) is 0 Å². The fraction of sp³-hybridized carbons (Fsp3) is 0.500. The maximum Gasteiger partial charge on any atom is 0.130 e. The molecule has 1 saturated carbocycles. The van der Waals surface area contributed by atoms with Crippen molar-refractivity contribution in [2.45, 2.75) is 38.0 Å². The summed E-state index contributed by atoms with van der Waals surface area (Å²) in [6, 6.07) is 4.87. The Labute approximate surface area is 99.5 Å². The average Bonchev–Trinajstić information content (AvgIpc) is 2.63. The Bertz CT molecular complexity index is 372. The second kappa shape index (κ2) is 5.13. The topological polar surface area (TPSA) is 35.2 Å². The first-order chi connectivity index (χ1) is 7.65. The van der Waals surface area contributed by atoms with E-state index in [9.17, 15) is 4.39 Å². The molecule has 1 fully saturated rings. The van der Waals surface area contributed by atoms with Crippen LogP contribution in [0.4, 0.5) is 4.39 Å². The highest BCUT2D eigenvalue weighted by Gasteiger charge is 2.22. The standard InChI is InChI=1S/C12H15ClFNO/c13-9-2-1-8(12(14)5-9)7-16-11-4-3-10(15)6-11/h1-2,5,10-11H,3-4,6-7,15H2. The summed E-state index contributed by atoms with van der Waals surface area (Å²) in [7, 11) is 0. The van der Waals surface area contributed by atoms with Crippen LogP contribution in [0.25, 0.3) is 0 Å². The number of rotatable bonds is 3. The summed E-state index contributed by atoms with van der Waals surface area (Å²) in [6.07, 6.45) is 3.00. The predicted octanol–water partition coefficient (Wildman–Crippen LogP) is 2.88. The van der Waals surface area contributed by atoms with Crippen molar-refractivity contribution in [3.05, 3.63) is 34.6 Å². The van der Waals surface area contributed by atoms with Gasteiger partial charge in [0.2, 0.25) is 0 Å². The van der Waals surface area contributed by atoms with Gasteiger partial charge in [-0.25, -0.2) is 4.39 Å². The van der Waals surface area contributed by atoms with Crippen LogP contribution in [0.2, 0.25) is 5.02 Å². The lowest BCUT2D eigenvalue weighted by atomic mass is 10.2. The second-order valence-electron chi connectivity index (χ2n) is 4.24. The second-order valence-corrected chi connectivity index (χ2v) is 4.68. The largest absolute Gasteiger partial charge is 0.373 e. The van der Waals surface area contributed by atoms with Gasteiger partial charge in [-0.05, 0) is 31.4 Å². The van der Waals surface area contributed by atoms with Crippen molar-refractivity contribution in [3.8, 4) is 0 Å². The van der Waals surface area contributed by atoms with Crippen LogP contribution in [0, 0.1) is 5.82 Å². The lowest BCUT2D eigenvalue weighted by molar-refractivity contribution is 0.0433. The van der Waals surface area contributed by atoms with Crippen LogP contribution in [-0.2, 0) is 11.3 Å². The number of hydrogen-bond donors (Lipinski definition) is 1. The molecule has 0 aliphatic heterocycles. The molecule has 0 saturated heterocycles. The van der Waals surface area contributed by atoms with Gasteiger partial charge in [-0.2, -0.15) is 0 Å². The maximum atomic E-state index is 13.4. The van der Waals surface area contributed by atoms with Crippen LogP contribution < -0.4 is 5.73 Å². The SMILES string of the molecule is NC1CCC(OCc2ccc(Cl)cc2F)C1. The van der Waals surface area contributed by atoms with Crippen molar-refractivity contribution in [2.75, 3.05) is 0 Å². The average molecular weight is 244 g/mol. The van der Waals surface area contributed by atoms with Crippen molar-refractivity contribution in [2.24, 2.45) is 5.73 Å². The first-order valence-corrected chi connectivity index (χ1v) is 5.84. The molecule has 0 radical (unpaired) electrons. The number of benzene rings is 1. The monoisotopic (exact) mass is 243 g/mol. The molecule has 2 N–H and O–H groups in total. The molecular weight excluding hydrogens is 229 g/mol. The highest BCUT2D eigenvalue weighted by Crippen LogP contribution is 2.22. The summed E-state index contributed by atoms with van der Waals surface area (Å²) in [5.41, 5.74) is 6.32.